The third kappa shape index (κ3) is 4.95. The van der Waals surface area contributed by atoms with E-state index in [1.165, 1.54) is 6.07 Å². The van der Waals surface area contributed by atoms with Gasteiger partial charge in [0.05, 0.1) is 13.2 Å². The molecular formula is C20H30FN3O2. The zero-order valence-corrected chi connectivity index (χ0v) is 15.6. The minimum atomic E-state index is -0.206. The fourth-order valence-electron chi connectivity index (χ4n) is 3.76. The van der Waals surface area contributed by atoms with Crippen molar-refractivity contribution in [3.63, 3.8) is 0 Å². The molecule has 2 aliphatic heterocycles. The van der Waals surface area contributed by atoms with Crippen LogP contribution in [0.15, 0.2) is 24.3 Å². The van der Waals surface area contributed by atoms with Crippen LogP contribution in [0.1, 0.15) is 32.6 Å². The molecule has 6 heteroatoms. The van der Waals surface area contributed by atoms with Gasteiger partial charge in [-0.05, 0) is 44.0 Å². The van der Waals surface area contributed by atoms with Crippen LogP contribution in [-0.2, 0) is 9.53 Å². The number of hydrogen-bond acceptors (Lipinski definition) is 4. The van der Waals surface area contributed by atoms with Crippen LogP contribution in [0.25, 0.3) is 0 Å². The molecule has 2 fully saturated rings. The molecular weight excluding hydrogens is 333 g/mol. The van der Waals surface area contributed by atoms with Gasteiger partial charge in [-0.15, -0.1) is 0 Å². The van der Waals surface area contributed by atoms with E-state index in [1.807, 2.05) is 6.07 Å². The van der Waals surface area contributed by atoms with E-state index in [1.54, 1.807) is 12.1 Å². The van der Waals surface area contributed by atoms with Crippen molar-refractivity contribution in [3.05, 3.63) is 30.1 Å². The van der Waals surface area contributed by atoms with Crippen molar-refractivity contribution in [1.82, 2.24) is 10.2 Å². The van der Waals surface area contributed by atoms with Gasteiger partial charge >= 0.3 is 0 Å². The summed E-state index contributed by atoms with van der Waals surface area (Å²) >= 11 is 0. The van der Waals surface area contributed by atoms with Gasteiger partial charge in [-0.25, -0.2) is 4.39 Å². The van der Waals surface area contributed by atoms with Crippen LogP contribution in [-0.4, -0.2) is 62.3 Å². The third-order valence-corrected chi connectivity index (χ3v) is 5.36. The van der Waals surface area contributed by atoms with Gasteiger partial charge in [0.25, 0.3) is 0 Å². The number of unbranched alkanes of at least 4 members (excludes halogenated alkanes) is 1. The molecule has 1 amide bonds. The number of carbonyl (C=O) groups is 1. The van der Waals surface area contributed by atoms with Crippen LogP contribution in [0.3, 0.4) is 0 Å². The topological polar surface area (TPSA) is 44.8 Å². The summed E-state index contributed by atoms with van der Waals surface area (Å²) in [6.07, 6.45) is 4.00. The van der Waals surface area contributed by atoms with Crippen molar-refractivity contribution < 1.29 is 13.9 Å². The minimum Gasteiger partial charge on any atom is -0.378 e. The Morgan fingerprint density at radius 1 is 1.31 bits per heavy atom. The fraction of sp³-hybridized carbons (Fsp3) is 0.650. The molecule has 2 heterocycles. The van der Waals surface area contributed by atoms with E-state index in [2.05, 4.69) is 22.0 Å². The molecule has 1 N–H and O–H groups in total. The minimum absolute atomic E-state index is 0.0880. The van der Waals surface area contributed by atoms with Gasteiger partial charge in [-0.1, -0.05) is 19.4 Å². The normalized spacial score (nSPS) is 22.4. The molecule has 0 saturated carbocycles. The Labute approximate surface area is 155 Å². The van der Waals surface area contributed by atoms with Gasteiger partial charge in [0.2, 0.25) is 5.91 Å². The zero-order valence-electron chi connectivity index (χ0n) is 15.6. The molecule has 1 unspecified atom stereocenters. The monoisotopic (exact) mass is 363 g/mol. The predicted molar refractivity (Wildman–Crippen MR) is 101 cm³/mol. The molecule has 5 nitrogen and oxygen atoms in total. The molecule has 3 rings (SSSR count). The average molecular weight is 363 g/mol. The number of hydrogen-bond donors (Lipinski definition) is 1. The molecule has 0 aromatic heterocycles. The summed E-state index contributed by atoms with van der Waals surface area (Å²) in [4.78, 5) is 17.2. The third-order valence-electron chi connectivity index (χ3n) is 5.36. The van der Waals surface area contributed by atoms with Crippen molar-refractivity contribution in [2.24, 2.45) is 0 Å². The average Bonchev–Trinajstić information content (AvgIpc) is 2.67. The lowest BCUT2D eigenvalue weighted by Crippen LogP contribution is -2.56. The number of rotatable bonds is 6. The maximum Gasteiger partial charge on any atom is 0.239 e. The van der Waals surface area contributed by atoms with Crippen LogP contribution >= 0.6 is 0 Å². The number of benzene rings is 1. The van der Waals surface area contributed by atoms with Gasteiger partial charge in [-0.2, -0.15) is 0 Å². The van der Waals surface area contributed by atoms with E-state index in [4.69, 9.17) is 4.74 Å². The molecule has 2 saturated heterocycles. The molecule has 26 heavy (non-hydrogen) atoms. The van der Waals surface area contributed by atoms with Gasteiger partial charge in [-0.3, -0.25) is 9.69 Å². The molecule has 0 radical (unpaired) electrons. The smallest absolute Gasteiger partial charge is 0.239 e. The molecule has 1 aromatic carbocycles. The Bertz CT molecular complexity index is 590. The summed E-state index contributed by atoms with van der Waals surface area (Å²) in [7, 11) is 0. The first-order valence-corrected chi connectivity index (χ1v) is 9.80. The molecule has 0 bridgehead atoms. The van der Waals surface area contributed by atoms with Crippen molar-refractivity contribution in [3.8, 4) is 0 Å². The lowest BCUT2D eigenvalue weighted by atomic mass is 10.0. The summed E-state index contributed by atoms with van der Waals surface area (Å²) in [5.41, 5.74) is 0.918. The Kier molecular flexibility index (Phi) is 6.86. The highest BCUT2D eigenvalue weighted by molar-refractivity contribution is 5.82. The molecule has 144 valence electrons. The predicted octanol–water partition coefficient (Wildman–Crippen LogP) is 2.41. The molecule has 1 aromatic rings. The lowest BCUT2D eigenvalue weighted by molar-refractivity contribution is -0.133. The van der Waals surface area contributed by atoms with Crippen molar-refractivity contribution in [1.29, 1.82) is 0 Å². The Morgan fingerprint density at radius 2 is 2.12 bits per heavy atom. The Morgan fingerprint density at radius 3 is 2.85 bits per heavy atom. The zero-order chi connectivity index (χ0) is 18.4. The number of amides is 1. The van der Waals surface area contributed by atoms with Crippen LogP contribution in [0, 0.1) is 5.82 Å². The van der Waals surface area contributed by atoms with Gasteiger partial charge in [0.15, 0.2) is 0 Å². The summed E-state index contributed by atoms with van der Waals surface area (Å²) in [6, 6.07) is 6.73. The maximum absolute atomic E-state index is 13.4. The molecule has 2 aliphatic rings. The van der Waals surface area contributed by atoms with Crippen LogP contribution in [0.4, 0.5) is 10.1 Å². The summed E-state index contributed by atoms with van der Waals surface area (Å²) in [6.45, 7) is 6.80. The first kappa shape index (κ1) is 19.1. The second kappa shape index (κ2) is 9.33. The number of piperidine rings is 1. The number of nitrogens with one attached hydrogen (secondary N) is 1. The quantitative estimate of drug-likeness (QED) is 0.843. The van der Waals surface area contributed by atoms with Gasteiger partial charge in [0.1, 0.15) is 11.9 Å². The number of carbonyl (C=O) groups excluding carboxylic acids is 1. The van der Waals surface area contributed by atoms with E-state index < -0.39 is 0 Å². The maximum atomic E-state index is 13.4. The van der Waals surface area contributed by atoms with Crippen LogP contribution in [0.5, 0.6) is 0 Å². The van der Waals surface area contributed by atoms with E-state index >= 15 is 0 Å². The number of nitrogens with zero attached hydrogens (tertiary/aromatic N) is 2. The first-order chi connectivity index (χ1) is 12.7. The first-order valence-electron chi connectivity index (χ1n) is 9.80. The highest BCUT2D eigenvalue weighted by atomic mass is 19.1. The Balaban J connectivity index is 1.49. The van der Waals surface area contributed by atoms with Crippen molar-refractivity contribution in [2.75, 3.05) is 44.3 Å². The fourth-order valence-corrected chi connectivity index (χ4v) is 3.76. The van der Waals surface area contributed by atoms with Gasteiger partial charge in [0, 0.05) is 31.4 Å². The number of morpholine rings is 1. The van der Waals surface area contributed by atoms with E-state index in [0.29, 0.717) is 13.2 Å². The van der Waals surface area contributed by atoms with Crippen molar-refractivity contribution >= 4 is 11.6 Å². The summed E-state index contributed by atoms with van der Waals surface area (Å²) in [5.74, 6) is -0.118. The largest absolute Gasteiger partial charge is 0.378 e. The second-order valence-electron chi connectivity index (χ2n) is 7.23. The van der Waals surface area contributed by atoms with Crippen molar-refractivity contribution in [2.45, 2.75) is 44.7 Å². The lowest BCUT2D eigenvalue weighted by Gasteiger charge is -2.37. The molecule has 0 spiro atoms. The van der Waals surface area contributed by atoms with Crippen LogP contribution < -0.4 is 10.2 Å². The number of halogens is 1. The Hall–Kier alpha value is -1.66. The summed E-state index contributed by atoms with van der Waals surface area (Å²) in [5, 5.41) is 3.22. The van der Waals surface area contributed by atoms with E-state index in [-0.39, 0.29) is 23.8 Å². The second-order valence-corrected chi connectivity index (χ2v) is 7.23. The SMILES string of the molecule is CCCCN1CCOCC1C(=O)NC1CCN(c2cccc(F)c2)CC1. The molecule has 0 aliphatic carbocycles. The number of anilines is 1. The van der Waals surface area contributed by atoms with Crippen LogP contribution in [0.2, 0.25) is 0 Å². The van der Waals surface area contributed by atoms with E-state index in [0.717, 1.165) is 57.5 Å². The molecule has 1 atom stereocenters. The number of ether oxygens (including phenoxy) is 1. The van der Waals surface area contributed by atoms with E-state index in [9.17, 15) is 9.18 Å². The standard InChI is InChI=1S/C20H30FN3O2/c1-2-3-9-24-12-13-26-15-19(24)20(25)22-17-7-10-23(11-8-17)18-6-4-5-16(21)14-18/h4-6,14,17,19H,2-3,7-13,15H2,1H3,(H,22,25). The highest BCUT2D eigenvalue weighted by Gasteiger charge is 2.31. The summed E-state index contributed by atoms with van der Waals surface area (Å²) < 4.78 is 18.9. The highest BCUT2D eigenvalue weighted by Crippen LogP contribution is 2.21. The van der Waals surface area contributed by atoms with Gasteiger partial charge < -0.3 is 15.0 Å².